The highest BCUT2D eigenvalue weighted by Crippen LogP contribution is 2.47. The van der Waals surface area contributed by atoms with Gasteiger partial charge in [0.1, 0.15) is 12.6 Å². The average Bonchev–Trinajstić information content (AvgIpc) is 2.95. The van der Waals surface area contributed by atoms with E-state index in [9.17, 15) is 13.6 Å². The Morgan fingerprint density at radius 3 is 2.77 bits per heavy atom. The van der Waals surface area contributed by atoms with E-state index < -0.39 is 12.3 Å². The summed E-state index contributed by atoms with van der Waals surface area (Å²) in [7, 11) is 0. The van der Waals surface area contributed by atoms with Crippen molar-refractivity contribution >= 4 is 5.97 Å². The summed E-state index contributed by atoms with van der Waals surface area (Å²) in [4.78, 5) is 10.7. The molecule has 0 amide bonds. The van der Waals surface area contributed by atoms with Crippen molar-refractivity contribution < 1.29 is 28.2 Å². The minimum absolute atomic E-state index is 0.141. The van der Waals surface area contributed by atoms with Crippen LogP contribution < -0.4 is 9.47 Å². The number of nitriles is 1. The van der Waals surface area contributed by atoms with Crippen molar-refractivity contribution in [3.63, 3.8) is 0 Å². The molecule has 2 heterocycles. The Bertz CT molecular complexity index is 808. The number of hydrogen-bond donors (Lipinski definition) is 1. The summed E-state index contributed by atoms with van der Waals surface area (Å²) in [5.74, 6) is -1.41. The Kier molecular flexibility index (Phi) is 2.99. The normalized spacial score (nSPS) is 14.6. The predicted molar refractivity (Wildman–Crippen MR) is 68.4 cm³/mol. The molecule has 1 aromatic carbocycles. The Balaban J connectivity index is 2.10. The first-order chi connectivity index (χ1) is 10.4. The maximum Gasteiger partial charge on any atom is 0.586 e. The highest BCUT2D eigenvalue weighted by atomic mass is 19.3. The van der Waals surface area contributed by atoms with Crippen molar-refractivity contribution in [1.29, 1.82) is 5.26 Å². The second-order valence-corrected chi connectivity index (χ2v) is 4.56. The third-order valence-electron chi connectivity index (χ3n) is 3.04. The van der Waals surface area contributed by atoms with Gasteiger partial charge in [0.2, 0.25) is 0 Å². The molecule has 0 unspecified atom stereocenters. The number of fused-ring (bicyclic) bond motifs is 1. The van der Waals surface area contributed by atoms with Gasteiger partial charge in [-0.3, -0.25) is 4.79 Å². The molecule has 1 N–H and O–H groups in total. The monoisotopic (exact) mass is 306 g/mol. The van der Waals surface area contributed by atoms with Gasteiger partial charge in [0.15, 0.2) is 11.5 Å². The van der Waals surface area contributed by atoms with Crippen molar-refractivity contribution in [3.8, 4) is 28.7 Å². The Morgan fingerprint density at radius 2 is 2.09 bits per heavy atom. The topological polar surface area (TPSA) is 84.5 Å². The second kappa shape index (κ2) is 4.73. The summed E-state index contributed by atoms with van der Waals surface area (Å²) in [5, 5.41) is 17.9. The number of alkyl halides is 2. The van der Waals surface area contributed by atoms with Crippen LogP contribution in [0.4, 0.5) is 8.78 Å². The molecule has 1 aliphatic heterocycles. The lowest BCUT2D eigenvalue weighted by Gasteiger charge is -2.06. The highest BCUT2D eigenvalue weighted by molar-refractivity contribution is 5.79. The van der Waals surface area contributed by atoms with Crippen LogP contribution in [0.2, 0.25) is 0 Å². The summed E-state index contributed by atoms with van der Waals surface area (Å²) < 4.78 is 36.5. The van der Waals surface area contributed by atoms with E-state index in [-0.39, 0.29) is 29.2 Å². The fourth-order valence-electron chi connectivity index (χ4n) is 2.24. The van der Waals surface area contributed by atoms with Crippen molar-refractivity contribution in [2.24, 2.45) is 0 Å². The standard InChI is InChI=1S/C14H8F2N2O4/c15-14(16)21-11-3-1-2-9(13(11)22-14)10-6-18(7-12(19)20)5-8(10)4-17/h1-3,5-6H,7H2,(H,19,20). The summed E-state index contributed by atoms with van der Waals surface area (Å²) in [6, 6.07) is 6.19. The lowest BCUT2D eigenvalue weighted by atomic mass is 10.0. The molecule has 0 atom stereocenters. The Labute approximate surface area is 122 Å². The number of nitrogens with zero attached hydrogens (tertiary/aromatic N) is 2. The second-order valence-electron chi connectivity index (χ2n) is 4.56. The fraction of sp³-hybridized carbons (Fsp3) is 0.143. The van der Waals surface area contributed by atoms with Gasteiger partial charge in [0.25, 0.3) is 0 Å². The van der Waals surface area contributed by atoms with Crippen LogP contribution in [-0.2, 0) is 11.3 Å². The van der Waals surface area contributed by atoms with Gasteiger partial charge >= 0.3 is 12.3 Å². The molecule has 0 bridgehead atoms. The third-order valence-corrected chi connectivity index (χ3v) is 3.04. The van der Waals surface area contributed by atoms with Crippen LogP contribution in [0, 0.1) is 11.3 Å². The first-order valence-electron chi connectivity index (χ1n) is 6.10. The zero-order valence-corrected chi connectivity index (χ0v) is 10.9. The molecule has 0 aliphatic carbocycles. The molecular formula is C14H8F2N2O4. The molecule has 1 aromatic heterocycles. The van der Waals surface area contributed by atoms with E-state index in [1.165, 1.54) is 35.2 Å². The number of para-hydroxylation sites is 1. The molecule has 1 aliphatic rings. The summed E-state index contributed by atoms with van der Waals surface area (Å²) in [5.41, 5.74) is 0.672. The number of hydrogen-bond acceptors (Lipinski definition) is 4. The van der Waals surface area contributed by atoms with Crippen LogP contribution in [0.5, 0.6) is 11.5 Å². The van der Waals surface area contributed by atoms with E-state index in [4.69, 9.17) is 10.4 Å². The van der Waals surface area contributed by atoms with E-state index in [1.54, 1.807) is 0 Å². The lowest BCUT2D eigenvalue weighted by Crippen LogP contribution is -2.26. The Morgan fingerprint density at radius 1 is 1.32 bits per heavy atom. The zero-order valence-electron chi connectivity index (χ0n) is 10.9. The van der Waals surface area contributed by atoms with Crippen LogP contribution in [0.15, 0.2) is 30.6 Å². The van der Waals surface area contributed by atoms with Crippen molar-refractivity contribution in [3.05, 3.63) is 36.2 Å². The van der Waals surface area contributed by atoms with E-state index in [1.807, 2.05) is 6.07 Å². The molecule has 112 valence electrons. The largest absolute Gasteiger partial charge is 0.586 e. The lowest BCUT2D eigenvalue weighted by molar-refractivity contribution is -0.286. The van der Waals surface area contributed by atoms with E-state index in [2.05, 4.69) is 9.47 Å². The van der Waals surface area contributed by atoms with Crippen LogP contribution >= 0.6 is 0 Å². The predicted octanol–water partition coefficient (Wildman–Crippen LogP) is 2.43. The van der Waals surface area contributed by atoms with Crippen molar-refractivity contribution in [2.45, 2.75) is 12.8 Å². The minimum atomic E-state index is -3.77. The van der Waals surface area contributed by atoms with Gasteiger partial charge in [-0.15, -0.1) is 8.78 Å². The molecule has 0 fully saturated rings. The van der Waals surface area contributed by atoms with Crippen LogP contribution in [-0.4, -0.2) is 21.9 Å². The molecule has 0 radical (unpaired) electrons. The van der Waals surface area contributed by atoms with Crippen molar-refractivity contribution in [2.75, 3.05) is 0 Å². The van der Waals surface area contributed by atoms with Gasteiger partial charge in [-0.05, 0) is 6.07 Å². The maximum atomic E-state index is 13.2. The quantitative estimate of drug-likeness (QED) is 0.941. The van der Waals surface area contributed by atoms with Gasteiger partial charge in [-0.1, -0.05) is 12.1 Å². The number of carboxylic acids is 1. The Hall–Kier alpha value is -3.08. The number of carboxylic acid groups (broad SMARTS) is 1. The number of rotatable bonds is 3. The van der Waals surface area contributed by atoms with E-state index >= 15 is 0 Å². The maximum absolute atomic E-state index is 13.2. The number of benzene rings is 1. The number of aliphatic carboxylic acids is 1. The molecule has 3 rings (SSSR count). The number of carbonyl (C=O) groups is 1. The van der Waals surface area contributed by atoms with E-state index in [0.717, 1.165) is 0 Å². The molecule has 2 aromatic rings. The number of aromatic nitrogens is 1. The van der Waals surface area contributed by atoms with Crippen LogP contribution in [0.1, 0.15) is 5.56 Å². The van der Waals surface area contributed by atoms with E-state index in [0.29, 0.717) is 5.56 Å². The number of halogens is 2. The molecule has 6 nitrogen and oxygen atoms in total. The molecule has 0 saturated carbocycles. The van der Waals surface area contributed by atoms with Gasteiger partial charge < -0.3 is 19.1 Å². The minimum Gasteiger partial charge on any atom is -0.480 e. The van der Waals surface area contributed by atoms with Crippen LogP contribution in [0.3, 0.4) is 0 Å². The summed E-state index contributed by atoms with van der Waals surface area (Å²) >= 11 is 0. The molecule has 0 saturated heterocycles. The molecular weight excluding hydrogens is 298 g/mol. The average molecular weight is 306 g/mol. The van der Waals surface area contributed by atoms with Gasteiger partial charge in [0.05, 0.1) is 5.56 Å². The smallest absolute Gasteiger partial charge is 0.480 e. The number of ether oxygens (including phenoxy) is 2. The van der Waals surface area contributed by atoms with Gasteiger partial charge in [0, 0.05) is 23.5 Å². The first kappa shape index (κ1) is 13.9. The third kappa shape index (κ3) is 2.33. The van der Waals surface area contributed by atoms with Gasteiger partial charge in [-0.2, -0.15) is 5.26 Å². The van der Waals surface area contributed by atoms with Crippen LogP contribution in [0.25, 0.3) is 11.1 Å². The van der Waals surface area contributed by atoms with Crippen molar-refractivity contribution in [1.82, 2.24) is 4.57 Å². The SMILES string of the molecule is N#Cc1cn(CC(=O)O)cc1-c1cccc2c1OC(F)(F)O2. The fourth-order valence-corrected chi connectivity index (χ4v) is 2.24. The molecule has 8 heteroatoms. The molecule has 0 spiro atoms. The zero-order chi connectivity index (χ0) is 15.9. The highest BCUT2D eigenvalue weighted by Gasteiger charge is 2.44. The summed E-state index contributed by atoms with van der Waals surface area (Å²) in [6.07, 6.45) is -1.05. The summed E-state index contributed by atoms with van der Waals surface area (Å²) in [6.45, 7) is -0.350. The first-order valence-corrected chi connectivity index (χ1v) is 6.10. The molecule has 22 heavy (non-hydrogen) atoms. The van der Waals surface area contributed by atoms with Gasteiger partial charge in [-0.25, -0.2) is 0 Å².